The zero-order chi connectivity index (χ0) is 26.5. The van der Waals surface area contributed by atoms with Crippen molar-refractivity contribution >= 4 is 58.2 Å². The molecular formula is C26H30Cl4N2O4. The molecule has 0 spiro atoms. The van der Waals surface area contributed by atoms with Gasteiger partial charge in [-0.1, -0.05) is 67.2 Å². The number of benzene rings is 2. The second-order valence-electron chi connectivity index (χ2n) is 10.3. The van der Waals surface area contributed by atoms with Gasteiger partial charge in [0.05, 0.1) is 10.0 Å². The molecule has 2 aromatic rings. The first-order valence-electron chi connectivity index (χ1n) is 11.6. The third-order valence-electron chi connectivity index (χ3n) is 6.03. The van der Waals surface area contributed by atoms with Crippen molar-refractivity contribution in [3.8, 4) is 11.5 Å². The van der Waals surface area contributed by atoms with Gasteiger partial charge in [0.1, 0.15) is 11.5 Å². The van der Waals surface area contributed by atoms with Gasteiger partial charge in [-0.05, 0) is 66.5 Å². The van der Waals surface area contributed by atoms with Gasteiger partial charge in [-0.3, -0.25) is 9.59 Å². The van der Waals surface area contributed by atoms with Crippen molar-refractivity contribution in [3.63, 3.8) is 0 Å². The van der Waals surface area contributed by atoms with E-state index in [0.29, 0.717) is 44.6 Å². The minimum Gasteiger partial charge on any atom is -0.482 e. The molecule has 3 rings (SSSR count). The van der Waals surface area contributed by atoms with Gasteiger partial charge < -0.3 is 20.1 Å². The molecule has 10 heteroatoms. The van der Waals surface area contributed by atoms with Gasteiger partial charge in [0, 0.05) is 22.6 Å². The number of amides is 2. The summed E-state index contributed by atoms with van der Waals surface area (Å²) < 4.78 is 11.1. The SMILES string of the molecule is CC1(C)C[C@H](NC(=O)COc2ccc(Cl)cc2Cl)C[C@@](C)(CNC(=O)COc2ccc(Cl)cc2Cl)C1. The van der Waals surface area contributed by atoms with Crippen LogP contribution >= 0.6 is 46.4 Å². The van der Waals surface area contributed by atoms with E-state index in [1.165, 1.54) is 0 Å². The number of nitrogens with one attached hydrogen (secondary N) is 2. The highest BCUT2D eigenvalue weighted by Crippen LogP contribution is 2.45. The Hall–Kier alpha value is -1.86. The van der Waals surface area contributed by atoms with Crippen molar-refractivity contribution < 1.29 is 19.1 Å². The van der Waals surface area contributed by atoms with E-state index in [-0.39, 0.29) is 41.9 Å². The molecule has 1 aliphatic carbocycles. The van der Waals surface area contributed by atoms with Crippen molar-refractivity contribution in [3.05, 3.63) is 56.5 Å². The van der Waals surface area contributed by atoms with E-state index in [1.807, 2.05) is 0 Å². The summed E-state index contributed by atoms with van der Waals surface area (Å²) in [6, 6.07) is 9.62. The number of hydrogen-bond donors (Lipinski definition) is 2. The molecule has 0 radical (unpaired) electrons. The van der Waals surface area contributed by atoms with Crippen LogP contribution in [0.15, 0.2) is 36.4 Å². The van der Waals surface area contributed by atoms with E-state index in [2.05, 4.69) is 31.4 Å². The highest BCUT2D eigenvalue weighted by molar-refractivity contribution is 6.36. The van der Waals surface area contributed by atoms with Gasteiger partial charge >= 0.3 is 0 Å². The van der Waals surface area contributed by atoms with E-state index in [9.17, 15) is 9.59 Å². The first-order valence-corrected chi connectivity index (χ1v) is 13.1. The Kier molecular flexibility index (Phi) is 9.67. The Morgan fingerprint density at radius 1 is 0.861 bits per heavy atom. The van der Waals surface area contributed by atoms with Crippen LogP contribution in [0.1, 0.15) is 40.0 Å². The Labute approximate surface area is 231 Å². The van der Waals surface area contributed by atoms with Crippen molar-refractivity contribution in [1.29, 1.82) is 0 Å². The monoisotopic (exact) mass is 574 g/mol. The molecule has 6 nitrogen and oxygen atoms in total. The van der Waals surface area contributed by atoms with Gasteiger partial charge in [0.15, 0.2) is 13.2 Å². The lowest BCUT2D eigenvalue weighted by Crippen LogP contribution is -2.51. The van der Waals surface area contributed by atoms with Crippen molar-refractivity contribution in [1.82, 2.24) is 10.6 Å². The Bertz CT molecular complexity index is 1110. The lowest BCUT2D eigenvalue weighted by Gasteiger charge is -2.47. The largest absolute Gasteiger partial charge is 0.482 e. The second-order valence-corrected chi connectivity index (χ2v) is 12.0. The summed E-state index contributed by atoms with van der Waals surface area (Å²) in [5, 5.41) is 7.72. The standard InChI is InChI=1S/C26H30Cl4N2O4/c1-25(2)10-18(32-24(34)13-36-22-7-5-17(28)9-20(22)30)11-26(3,14-25)15-31-23(33)12-35-21-6-4-16(27)8-19(21)29/h4-9,18H,10-15H2,1-3H3,(H,31,33)(H,32,34)/t18-,26+/m0/s1. The molecule has 1 fully saturated rings. The van der Waals surface area contributed by atoms with Crippen LogP contribution < -0.4 is 20.1 Å². The highest BCUT2D eigenvalue weighted by Gasteiger charge is 2.41. The fraction of sp³-hybridized carbons (Fsp3) is 0.462. The van der Waals surface area contributed by atoms with Gasteiger partial charge in [-0.25, -0.2) is 0 Å². The molecule has 2 N–H and O–H groups in total. The average Bonchev–Trinajstić information content (AvgIpc) is 2.75. The summed E-state index contributed by atoms with van der Waals surface area (Å²) in [6.45, 7) is 6.59. The Morgan fingerprint density at radius 3 is 1.92 bits per heavy atom. The summed E-state index contributed by atoms with van der Waals surface area (Å²) >= 11 is 24.0. The summed E-state index contributed by atoms with van der Waals surface area (Å²) in [6.07, 6.45) is 2.43. The predicted molar refractivity (Wildman–Crippen MR) is 145 cm³/mol. The maximum atomic E-state index is 12.6. The zero-order valence-electron chi connectivity index (χ0n) is 20.4. The van der Waals surface area contributed by atoms with Crippen molar-refractivity contribution in [2.45, 2.75) is 46.1 Å². The van der Waals surface area contributed by atoms with E-state index in [0.717, 1.165) is 12.8 Å². The van der Waals surface area contributed by atoms with E-state index in [1.54, 1.807) is 36.4 Å². The molecule has 0 aliphatic heterocycles. The van der Waals surface area contributed by atoms with Crippen LogP contribution in [0, 0.1) is 10.8 Å². The molecule has 2 amide bonds. The van der Waals surface area contributed by atoms with Crippen LogP contribution in [0.2, 0.25) is 20.1 Å². The van der Waals surface area contributed by atoms with Gasteiger partial charge in [-0.15, -0.1) is 0 Å². The van der Waals surface area contributed by atoms with Gasteiger partial charge in [0.2, 0.25) is 0 Å². The quantitative estimate of drug-likeness (QED) is 0.354. The maximum Gasteiger partial charge on any atom is 0.258 e. The number of rotatable bonds is 9. The molecule has 0 unspecified atom stereocenters. The molecule has 2 atom stereocenters. The number of carbonyl (C=O) groups is 2. The summed E-state index contributed by atoms with van der Waals surface area (Å²) in [5.41, 5.74) is -0.239. The van der Waals surface area contributed by atoms with Gasteiger partial charge in [-0.2, -0.15) is 0 Å². The van der Waals surface area contributed by atoms with Crippen LogP contribution in [0.25, 0.3) is 0 Å². The van der Waals surface area contributed by atoms with Gasteiger partial charge in [0.25, 0.3) is 11.8 Å². The number of halogens is 4. The van der Waals surface area contributed by atoms with Crippen LogP contribution in [0.5, 0.6) is 11.5 Å². The van der Waals surface area contributed by atoms with E-state index in [4.69, 9.17) is 55.9 Å². The molecule has 196 valence electrons. The molecule has 1 saturated carbocycles. The van der Waals surface area contributed by atoms with Crippen LogP contribution in [0.3, 0.4) is 0 Å². The maximum absolute atomic E-state index is 12.6. The first-order chi connectivity index (χ1) is 16.8. The predicted octanol–water partition coefficient (Wildman–Crippen LogP) is 6.58. The number of carbonyl (C=O) groups excluding carboxylic acids is 2. The fourth-order valence-electron chi connectivity index (χ4n) is 4.97. The average molecular weight is 576 g/mol. The third kappa shape index (κ3) is 8.62. The molecule has 2 aromatic carbocycles. The lowest BCUT2D eigenvalue weighted by atomic mass is 9.62. The molecule has 0 saturated heterocycles. The molecular weight excluding hydrogens is 546 g/mol. The smallest absolute Gasteiger partial charge is 0.258 e. The van der Waals surface area contributed by atoms with E-state index >= 15 is 0 Å². The van der Waals surface area contributed by atoms with Crippen LogP contribution in [-0.2, 0) is 9.59 Å². The Morgan fingerprint density at radius 2 is 1.39 bits per heavy atom. The lowest BCUT2D eigenvalue weighted by molar-refractivity contribution is -0.126. The van der Waals surface area contributed by atoms with Crippen LogP contribution in [-0.4, -0.2) is 37.6 Å². The second kappa shape index (κ2) is 12.1. The highest BCUT2D eigenvalue weighted by atomic mass is 35.5. The molecule has 0 aromatic heterocycles. The fourth-order valence-corrected chi connectivity index (χ4v) is 5.90. The van der Waals surface area contributed by atoms with Crippen molar-refractivity contribution in [2.75, 3.05) is 19.8 Å². The Balaban J connectivity index is 1.51. The molecule has 0 heterocycles. The minimum atomic E-state index is -0.251. The number of hydrogen-bond acceptors (Lipinski definition) is 4. The summed E-state index contributed by atoms with van der Waals surface area (Å²) in [4.78, 5) is 25.1. The number of ether oxygens (including phenoxy) is 2. The van der Waals surface area contributed by atoms with Crippen LogP contribution in [0.4, 0.5) is 0 Å². The third-order valence-corrected chi connectivity index (χ3v) is 7.09. The zero-order valence-corrected chi connectivity index (χ0v) is 23.5. The molecule has 36 heavy (non-hydrogen) atoms. The molecule has 0 bridgehead atoms. The van der Waals surface area contributed by atoms with Crippen molar-refractivity contribution in [2.24, 2.45) is 10.8 Å². The topological polar surface area (TPSA) is 76.7 Å². The summed E-state index contributed by atoms with van der Waals surface area (Å²) in [7, 11) is 0. The normalized spacial score (nSPS) is 20.9. The summed E-state index contributed by atoms with van der Waals surface area (Å²) in [5.74, 6) is 0.309. The molecule has 1 aliphatic rings. The minimum absolute atomic E-state index is 0.0245. The van der Waals surface area contributed by atoms with E-state index < -0.39 is 0 Å². The first kappa shape index (κ1) is 28.7.